The number of nitrogens with zero attached hydrogens (tertiary/aromatic N) is 3. The Hall–Kier alpha value is -2.24. The predicted molar refractivity (Wildman–Crippen MR) is 113 cm³/mol. The summed E-state index contributed by atoms with van der Waals surface area (Å²) in [6.07, 6.45) is 7.23. The summed E-state index contributed by atoms with van der Waals surface area (Å²) in [4.78, 5) is 21.5. The first-order valence-electron chi connectivity index (χ1n) is 10.7. The SMILES string of the molecule is O=C(CCc1ccccc1)N1CCC2(CC1)COCCN(Cc1cccnc1)C2. The number of carbonyl (C=O) groups excluding carboxylic acids is 1. The molecule has 2 aliphatic rings. The quantitative estimate of drug-likeness (QED) is 0.783. The van der Waals surface area contributed by atoms with Crippen molar-refractivity contribution in [2.45, 2.75) is 32.2 Å². The van der Waals surface area contributed by atoms with Crippen LogP contribution in [-0.2, 0) is 22.5 Å². The Bertz CT molecular complexity index is 773. The maximum atomic E-state index is 12.7. The standard InChI is InChI=1S/C24H31N3O2/c28-23(9-8-21-5-2-1-3-6-21)27-13-10-24(11-14-27)19-26(15-16-29-20-24)18-22-7-4-12-25-17-22/h1-7,12,17H,8-11,13-16,18-20H2. The molecule has 0 N–H and O–H groups in total. The van der Waals surface area contributed by atoms with Crippen molar-refractivity contribution in [1.82, 2.24) is 14.8 Å². The topological polar surface area (TPSA) is 45.7 Å². The minimum absolute atomic E-state index is 0.162. The molecule has 1 aromatic carbocycles. The monoisotopic (exact) mass is 393 g/mol. The van der Waals surface area contributed by atoms with E-state index in [0.717, 1.165) is 65.2 Å². The van der Waals surface area contributed by atoms with E-state index in [2.05, 4.69) is 33.0 Å². The van der Waals surface area contributed by atoms with Gasteiger partial charge in [-0.3, -0.25) is 14.7 Å². The Labute approximate surface area is 173 Å². The number of benzene rings is 1. The maximum Gasteiger partial charge on any atom is 0.222 e. The lowest BCUT2D eigenvalue weighted by atomic mass is 9.78. The van der Waals surface area contributed by atoms with Crippen LogP contribution < -0.4 is 0 Å². The Morgan fingerprint density at radius 3 is 2.59 bits per heavy atom. The number of carbonyl (C=O) groups is 1. The van der Waals surface area contributed by atoms with Crippen molar-refractivity contribution < 1.29 is 9.53 Å². The third-order valence-corrected chi connectivity index (χ3v) is 6.30. The van der Waals surface area contributed by atoms with Gasteiger partial charge in [-0.05, 0) is 36.5 Å². The van der Waals surface area contributed by atoms with Crippen LogP contribution in [0.2, 0.25) is 0 Å². The Kier molecular flexibility index (Phi) is 6.57. The van der Waals surface area contributed by atoms with E-state index in [1.807, 2.05) is 36.7 Å². The molecule has 29 heavy (non-hydrogen) atoms. The van der Waals surface area contributed by atoms with Crippen LogP contribution in [0.4, 0.5) is 0 Å². The molecule has 0 aliphatic carbocycles. The van der Waals surface area contributed by atoms with Crippen LogP contribution in [0, 0.1) is 5.41 Å². The number of hydrogen-bond acceptors (Lipinski definition) is 4. The summed E-state index contributed by atoms with van der Waals surface area (Å²) in [6, 6.07) is 14.4. The van der Waals surface area contributed by atoms with E-state index in [1.54, 1.807) is 0 Å². The van der Waals surface area contributed by atoms with E-state index >= 15 is 0 Å². The van der Waals surface area contributed by atoms with Crippen LogP contribution in [0.1, 0.15) is 30.4 Å². The van der Waals surface area contributed by atoms with Gasteiger partial charge in [0.05, 0.1) is 13.2 Å². The van der Waals surface area contributed by atoms with Crippen molar-refractivity contribution in [2.75, 3.05) is 39.4 Å². The summed E-state index contributed by atoms with van der Waals surface area (Å²) in [6.45, 7) is 6.18. The average Bonchev–Trinajstić information content (AvgIpc) is 2.96. The predicted octanol–water partition coefficient (Wildman–Crippen LogP) is 3.16. The molecule has 5 nitrogen and oxygen atoms in total. The molecule has 1 aromatic heterocycles. The minimum Gasteiger partial charge on any atom is -0.379 e. The van der Waals surface area contributed by atoms with Crippen LogP contribution in [0.15, 0.2) is 54.9 Å². The lowest BCUT2D eigenvalue weighted by Crippen LogP contribution is -2.48. The van der Waals surface area contributed by atoms with Crippen LogP contribution >= 0.6 is 0 Å². The van der Waals surface area contributed by atoms with Crippen molar-refractivity contribution in [1.29, 1.82) is 0 Å². The van der Waals surface area contributed by atoms with Gasteiger partial charge in [-0.15, -0.1) is 0 Å². The van der Waals surface area contributed by atoms with E-state index in [4.69, 9.17) is 4.74 Å². The van der Waals surface area contributed by atoms with Gasteiger partial charge in [0.15, 0.2) is 0 Å². The number of piperidine rings is 1. The van der Waals surface area contributed by atoms with Crippen LogP contribution in [0.5, 0.6) is 0 Å². The Morgan fingerprint density at radius 2 is 1.83 bits per heavy atom. The van der Waals surface area contributed by atoms with Crippen molar-refractivity contribution >= 4 is 5.91 Å². The van der Waals surface area contributed by atoms with Crippen LogP contribution in [0.3, 0.4) is 0 Å². The molecule has 0 saturated carbocycles. The molecule has 2 aromatic rings. The van der Waals surface area contributed by atoms with Gasteiger partial charge in [-0.25, -0.2) is 0 Å². The zero-order valence-corrected chi connectivity index (χ0v) is 17.1. The Balaban J connectivity index is 1.30. The first kappa shape index (κ1) is 20.0. The minimum atomic E-state index is 0.162. The number of pyridine rings is 1. The van der Waals surface area contributed by atoms with E-state index in [0.29, 0.717) is 6.42 Å². The zero-order valence-electron chi connectivity index (χ0n) is 17.1. The van der Waals surface area contributed by atoms with Gasteiger partial charge in [-0.2, -0.15) is 0 Å². The number of hydrogen-bond donors (Lipinski definition) is 0. The smallest absolute Gasteiger partial charge is 0.222 e. The summed E-state index contributed by atoms with van der Waals surface area (Å²) in [5, 5.41) is 0. The second-order valence-electron chi connectivity index (χ2n) is 8.49. The molecule has 0 atom stereocenters. The van der Waals surface area contributed by atoms with Crippen molar-refractivity contribution in [3.8, 4) is 0 Å². The molecule has 1 amide bonds. The molecular formula is C24H31N3O2. The van der Waals surface area contributed by atoms with Crippen molar-refractivity contribution in [3.05, 3.63) is 66.0 Å². The number of amides is 1. The van der Waals surface area contributed by atoms with Crippen molar-refractivity contribution in [3.63, 3.8) is 0 Å². The van der Waals surface area contributed by atoms with Gasteiger partial charge < -0.3 is 9.64 Å². The third kappa shape index (κ3) is 5.43. The van der Waals surface area contributed by atoms with Crippen LogP contribution in [-0.4, -0.2) is 60.1 Å². The van der Waals surface area contributed by atoms with Gasteiger partial charge in [0.25, 0.3) is 0 Å². The number of aryl methyl sites for hydroxylation is 1. The fraction of sp³-hybridized carbons (Fsp3) is 0.500. The highest BCUT2D eigenvalue weighted by molar-refractivity contribution is 5.76. The second-order valence-corrected chi connectivity index (χ2v) is 8.49. The molecule has 3 heterocycles. The normalized spacial score (nSPS) is 19.8. The Morgan fingerprint density at radius 1 is 1.03 bits per heavy atom. The highest BCUT2D eigenvalue weighted by Gasteiger charge is 2.38. The molecule has 5 heteroatoms. The number of ether oxygens (including phenoxy) is 1. The second kappa shape index (κ2) is 9.51. The number of likely N-dealkylation sites (tertiary alicyclic amines) is 1. The largest absolute Gasteiger partial charge is 0.379 e. The van der Waals surface area contributed by atoms with E-state index in [1.165, 1.54) is 11.1 Å². The van der Waals surface area contributed by atoms with E-state index in [9.17, 15) is 4.79 Å². The molecule has 1 spiro atoms. The lowest BCUT2D eigenvalue weighted by molar-refractivity contribution is -0.134. The summed E-state index contributed by atoms with van der Waals surface area (Å²) in [5.41, 5.74) is 2.64. The maximum absolute atomic E-state index is 12.7. The highest BCUT2D eigenvalue weighted by atomic mass is 16.5. The third-order valence-electron chi connectivity index (χ3n) is 6.30. The first-order valence-corrected chi connectivity index (χ1v) is 10.7. The molecule has 4 rings (SSSR count). The zero-order chi connectivity index (χ0) is 19.9. The molecule has 2 saturated heterocycles. The molecule has 154 valence electrons. The van der Waals surface area contributed by atoms with E-state index < -0.39 is 0 Å². The molecule has 0 bridgehead atoms. The fourth-order valence-corrected chi connectivity index (χ4v) is 4.55. The highest BCUT2D eigenvalue weighted by Crippen LogP contribution is 2.35. The molecule has 2 aliphatic heterocycles. The van der Waals surface area contributed by atoms with Gasteiger partial charge in [-0.1, -0.05) is 36.4 Å². The molecule has 0 radical (unpaired) electrons. The molecule has 0 unspecified atom stereocenters. The average molecular weight is 394 g/mol. The summed E-state index contributed by atoms with van der Waals surface area (Å²) >= 11 is 0. The number of rotatable bonds is 5. The van der Waals surface area contributed by atoms with Crippen LogP contribution in [0.25, 0.3) is 0 Å². The van der Waals surface area contributed by atoms with E-state index in [-0.39, 0.29) is 11.3 Å². The lowest BCUT2D eigenvalue weighted by Gasteiger charge is -2.42. The van der Waals surface area contributed by atoms with Gasteiger partial charge in [0, 0.05) is 57.0 Å². The van der Waals surface area contributed by atoms with Gasteiger partial charge >= 0.3 is 0 Å². The number of aromatic nitrogens is 1. The summed E-state index contributed by atoms with van der Waals surface area (Å²) < 4.78 is 6.00. The first-order chi connectivity index (χ1) is 14.2. The summed E-state index contributed by atoms with van der Waals surface area (Å²) in [7, 11) is 0. The summed E-state index contributed by atoms with van der Waals surface area (Å²) in [5.74, 6) is 0.283. The molecular weight excluding hydrogens is 362 g/mol. The van der Waals surface area contributed by atoms with Gasteiger partial charge in [0.2, 0.25) is 5.91 Å². The molecule has 2 fully saturated rings. The fourth-order valence-electron chi connectivity index (χ4n) is 4.55. The van der Waals surface area contributed by atoms with Crippen molar-refractivity contribution in [2.24, 2.45) is 5.41 Å². The van der Waals surface area contributed by atoms with Gasteiger partial charge in [0.1, 0.15) is 0 Å².